The third-order valence-electron chi connectivity index (χ3n) is 10.6. The van der Waals surface area contributed by atoms with Gasteiger partial charge < -0.3 is 39.3 Å². The van der Waals surface area contributed by atoms with Gasteiger partial charge in [-0.25, -0.2) is 14.0 Å². The number of hydrogen-bond donors (Lipinski definition) is 3. The van der Waals surface area contributed by atoms with Gasteiger partial charge >= 0.3 is 12.2 Å². The molecule has 2 amide bonds. The van der Waals surface area contributed by atoms with E-state index in [1.54, 1.807) is 42.2 Å². The van der Waals surface area contributed by atoms with Crippen molar-refractivity contribution in [2.45, 2.75) is 90.0 Å². The highest BCUT2D eigenvalue weighted by atomic mass is 19.1. The van der Waals surface area contributed by atoms with Gasteiger partial charge in [-0.3, -0.25) is 4.90 Å². The second-order valence-electron chi connectivity index (χ2n) is 14.1. The van der Waals surface area contributed by atoms with E-state index in [1.807, 2.05) is 19.9 Å². The minimum absolute atomic E-state index is 0.0201. The molecule has 1 saturated carbocycles. The van der Waals surface area contributed by atoms with Gasteiger partial charge in [0.2, 0.25) is 5.79 Å². The maximum Gasteiger partial charge on any atom is 0.412 e. The van der Waals surface area contributed by atoms with Crippen molar-refractivity contribution in [2.75, 3.05) is 39.6 Å². The van der Waals surface area contributed by atoms with Gasteiger partial charge in [-0.2, -0.15) is 0 Å². The number of carbonyl (C=O) groups is 2. The molecule has 6 unspecified atom stereocenters. The minimum Gasteiger partial charge on any atom is -0.459 e. The molecule has 1 fully saturated rings. The van der Waals surface area contributed by atoms with Crippen LogP contribution in [0.1, 0.15) is 82.8 Å². The number of ether oxygens (including phenoxy) is 4. The number of amides is 2. The molecular formula is C42H56FN3O9. The normalized spacial score (nSPS) is 24.4. The number of nitrogens with zero attached hydrogens (tertiary/aromatic N) is 2. The first-order valence-electron chi connectivity index (χ1n) is 19.6. The monoisotopic (exact) mass is 765 g/mol. The average Bonchev–Trinajstić information content (AvgIpc) is 3.17. The van der Waals surface area contributed by atoms with Gasteiger partial charge in [-0.05, 0) is 99.8 Å². The zero-order chi connectivity index (χ0) is 39.4. The molecule has 0 radical (unpaired) electrons. The molecule has 300 valence electrons. The largest absolute Gasteiger partial charge is 0.459 e. The lowest BCUT2D eigenvalue weighted by molar-refractivity contribution is -0.256. The number of rotatable bonds is 19. The number of aliphatic hydroxyl groups excluding tert-OH is 2. The van der Waals surface area contributed by atoms with Crippen LogP contribution in [0, 0.1) is 23.6 Å². The van der Waals surface area contributed by atoms with Crippen molar-refractivity contribution in [2.24, 2.45) is 22.9 Å². The Labute approximate surface area is 323 Å². The van der Waals surface area contributed by atoms with E-state index < -0.39 is 35.8 Å². The molecule has 2 aromatic carbocycles. The van der Waals surface area contributed by atoms with Crippen molar-refractivity contribution in [3.05, 3.63) is 83.7 Å². The topological polar surface area (TPSA) is 148 Å². The van der Waals surface area contributed by atoms with E-state index in [1.165, 1.54) is 12.1 Å². The Kier molecular flexibility index (Phi) is 15.1. The second kappa shape index (κ2) is 19.9. The van der Waals surface area contributed by atoms with Crippen LogP contribution in [-0.2, 0) is 20.9 Å². The van der Waals surface area contributed by atoms with Crippen LogP contribution in [0.25, 0.3) is 0 Å². The van der Waals surface area contributed by atoms with Crippen LogP contribution in [0.5, 0.6) is 11.5 Å². The molecular weight excluding hydrogens is 709 g/mol. The summed E-state index contributed by atoms with van der Waals surface area (Å²) in [5, 5.41) is 27.0. The SMILES string of the molecule is C=CCOC12Oc3ccc(OC(=O)NCC)cc3C3C(CCCCO)C(CCCCO)C=C(C(=NOCC)CC1N(Cc1ccc(F)cc1)C(=O)OCC)C32. The summed E-state index contributed by atoms with van der Waals surface area (Å²) in [6.45, 7) is 10.5. The van der Waals surface area contributed by atoms with Crippen molar-refractivity contribution in [3.63, 3.8) is 0 Å². The van der Waals surface area contributed by atoms with Gasteiger partial charge in [0, 0.05) is 44.2 Å². The van der Waals surface area contributed by atoms with Crippen LogP contribution >= 0.6 is 0 Å². The fourth-order valence-corrected chi connectivity index (χ4v) is 8.44. The van der Waals surface area contributed by atoms with E-state index in [9.17, 15) is 24.2 Å². The summed E-state index contributed by atoms with van der Waals surface area (Å²) in [6.07, 6.45) is 7.22. The van der Waals surface area contributed by atoms with Crippen LogP contribution in [0.2, 0.25) is 0 Å². The van der Waals surface area contributed by atoms with Crippen LogP contribution in [-0.4, -0.2) is 84.4 Å². The Hall–Kier alpha value is -4.46. The zero-order valence-electron chi connectivity index (χ0n) is 32.2. The van der Waals surface area contributed by atoms with Crippen LogP contribution in [0.4, 0.5) is 14.0 Å². The Morgan fingerprint density at radius 3 is 2.47 bits per heavy atom. The van der Waals surface area contributed by atoms with Crippen LogP contribution in [0.3, 0.4) is 0 Å². The third-order valence-corrected chi connectivity index (χ3v) is 10.6. The Bertz CT molecular complexity index is 1670. The van der Waals surface area contributed by atoms with E-state index in [0.29, 0.717) is 48.8 Å². The third kappa shape index (κ3) is 9.50. The number of halogens is 1. The first kappa shape index (κ1) is 41.7. The van der Waals surface area contributed by atoms with E-state index in [-0.39, 0.29) is 57.1 Å². The summed E-state index contributed by atoms with van der Waals surface area (Å²) in [5.41, 5.74) is 3.00. The maximum atomic E-state index is 14.2. The lowest BCUT2D eigenvalue weighted by atomic mass is 9.55. The summed E-state index contributed by atoms with van der Waals surface area (Å²) in [4.78, 5) is 34.2. The van der Waals surface area contributed by atoms with Crippen LogP contribution < -0.4 is 14.8 Å². The smallest absolute Gasteiger partial charge is 0.412 e. The molecule has 3 N–H and O–H groups in total. The second-order valence-corrected chi connectivity index (χ2v) is 14.1. The lowest BCUT2D eigenvalue weighted by Crippen LogP contribution is -2.70. The number of allylic oxidation sites excluding steroid dienone is 1. The highest BCUT2D eigenvalue weighted by molar-refractivity contribution is 6.03. The molecule has 55 heavy (non-hydrogen) atoms. The van der Waals surface area contributed by atoms with Gasteiger partial charge in [-0.1, -0.05) is 42.3 Å². The molecule has 5 rings (SSSR count). The minimum atomic E-state index is -1.51. The van der Waals surface area contributed by atoms with E-state index in [0.717, 1.165) is 36.8 Å². The standard InChI is InChI=1S/C42H56FN3O9/c1-5-23-52-42-37(46(41(50)51-7-3)27-28-15-17-30(43)18-16-28)26-35(45-53-8-4)33-24-29(13-9-11-21-47)32(14-10-12-22-48)38(39(33)42)34-25-31(19-20-36(34)55-42)54-40(49)44-6-2/h5,15-20,24-25,29,32,37-39,47-48H,1,6-14,21-23,26-27H2,2-4H3,(H,44,49). The summed E-state index contributed by atoms with van der Waals surface area (Å²) < 4.78 is 39.6. The molecule has 2 aromatic rings. The van der Waals surface area contributed by atoms with Gasteiger partial charge in [0.15, 0.2) is 0 Å². The number of hydrogen-bond acceptors (Lipinski definition) is 10. The van der Waals surface area contributed by atoms with Gasteiger partial charge in [0.1, 0.15) is 30.0 Å². The number of oxime groups is 1. The number of aliphatic hydroxyl groups is 2. The summed E-state index contributed by atoms with van der Waals surface area (Å²) in [6, 6.07) is 10.4. The van der Waals surface area contributed by atoms with E-state index in [2.05, 4.69) is 23.1 Å². The first-order chi connectivity index (χ1) is 26.7. The number of unbranched alkanes of at least 4 members (excludes halogenated alkanes) is 2. The van der Waals surface area contributed by atoms with Crippen molar-refractivity contribution < 1.29 is 48.0 Å². The number of benzene rings is 2. The molecule has 3 aliphatic rings. The number of fused-ring (bicyclic) bond motifs is 2. The van der Waals surface area contributed by atoms with Crippen molar-refractivity contribution >= 4 is 17.9 Å². The summed E-state index contributed by atoms with van der Waals surface area (Å²) in [7, 11) is 0. The van der Waals surface area contributed by atoms with Crippen LogP contribution in [0.15, 0.2) is 71.9 Å². The number of carbonyl (C=O) groups excluding carboxylic acids is 2. The quantitative estimate of drug-likeness (QED) is 0.0765. The molecule has 0 aromatic heterocycles. The van der Waals surface area contributed by atoms with Gasteiger partial charge in [0.25, 0.3) is 0 Å². The van der Waals surface area contributed by atoms with Crippen molar-refractivity contribution in [1.82, 2.24) is 10.2 Å². The highest BCUT2D eigenvalue weighted by Crippen LogP contribution is 2.62. The molecule has 2 aliphatic carbocycles. The maximum absolute atomic E-state index is 14.2. The van der Waals surface area contributed by atoms with E-state index >= 15 is 0 Å². The Balaban J connectivity index is 1.79. The molecule has 0 saturated heterocycles. The van der Waals surface area contributed by atoms with Crippen molar-refractivity contribution in [1.29, 1.82) is 0 Å². The molecule has 12 nitrogen and oxygen atoms in total. The molecule has 1 aliphatic heterocycles. The molecule has 13 heteroatoms. The predicted octanol–water partition coefficient (Wildman–Crippen LogP) is 7.25. The fourth-order valence-electron chi connectivity index (χ4n) is 8.44. The molecule has 6 atom stereocenters. The first-order valence-corrected chi connectivity index (χ1v) is 19.6. The predicted molar refractivity (Wildman–Crippen MR) is 205 cm³/mol. The molecule has 1 heterocycles. The summed E-state index contributed by atoms with van der Waals surface area (Å²) in [5.74, 6) is -1.92. The zero-order valence-corrected chi connectivity index (χ0v) is 32.2. The highest BCUT2D eigenvalue weighted by Gasteiger charge is 2.65. The van der Waals surface area contributed by atoms with Crippen molar-refractivity contribution in [3.8, 4) is 11.5 Å². The fraction of sp³-hybridized carbons (Fsp3) is 0.548. The van der Waals surface area contributed by atoms with Gasteiger partial charge in [-0.15, -0.1) is 6.58 Å². The lowest BCUT2D eigenvalue weighted by Gasteiger charge is -2.59. The van der Waals surface area contributed by atoms with E-state index in [4.69, 9.17) is 23.8 Å². The number of nitrogens with one attached hydrogen (secondary N) is 1. The molecule has 0 spiro atoms. The Morgan fingerprint density at radius 2 is 1.80 bits per heavy atom. The average molecular weight is 766 g/mol. The Morgan fingerprint density at radius 1 is 1.05 bits per heavy atom. The van der Waals surface area contributed by atoms with Gasteiger partial charge in [0.05, 0.1) is 24.8 Å². The summed E-state index contributed by atoms with van der Waals surface area (Å²) >= 11 is 0. The molecule has 0 bridgehead atoms.